The number of hydrogen-bond donors (Lipinski definition) is 1. The lowest BCUT2D eigenvalue weighted by atomic mass is 10.2. The van der Waals surface area contributed by atoms with Crippen LogP contribution in [0, 0.1) is 12.8 Å². The number of thiophene rings is 1. The third kappa shape index (κ3) is 2.44. The Kier molecular flexibility index (Phi) is 3.41. The minimum atomic E-state index is 0.0592. The second kappa shape index (κ2) is 5.06. The smallest absolute Gasteiger partial charge is 0.161 e. The van der Waals surface area contributed by atoms with Gasteiger partial charge in [0, 0.05) is 18.5 Å². The normalized spacial score (nSPS) is 16.8. The highest BCUT2D eigenvalue weighted by atomic mass is 32.1. The van der Waals surface area contributed by atoms with Gasteiger partial charge in [-0.1, -0.05) is 0 Å². The van der Waals surface area contributed by atoms with E-state index in [2.05, 4.69) is 23.3 Å². The minimum Gasteiger partial charge on any atom is -0.372 e. The first-order chi connectivity index (χ1) is 9.22. The summed E-state index contributed by atoms with van der Waals surface area (Å²) >= 11 is 1.72. The van der Waals surface area contributed by atoms with Crippen LogP contribution in [0.2, 0.25) is 0 Å². The van der Waals surface area contributed by atoms with Gasteiger partial charge in [-0.3, -0.25) is 0 Å². The van der Waals surface area contributed by atoms with E-state index in [4.69, 9.17) is 9.72 Å². The fraction of sp³-hybridized carbons (Fsp3) is 0.571. The van der Waals surface area contributed by atoms with Crippen molar-refractivity contribution < 1.29 is 4.74 Å². The van der Waals surface area contributed by atoms with E-state index < -0.39 is 0 Å². The maximum atomic E-state index is 5.86. The van der Waals surface area contributed by atoms with Gasteiger partial charge in [0.05, 0.1) is 5.39 Å². The number of fused-ring (bicyclic) bond motifs is 1. The van der Waals surface area contributed by atoms with Crippen LogP contribution in [-0.2, 0) is 4.74 Å². The fourth-order valence-corrected chi connectivity index (χ4v) is 3.26. The Bertz CT molecular complexity index is 592. The van der Waals surface area contributed by atoms with Crippen LogP contribution in [0.1, 0.15) is 36.6 Å². The van der Waals surface area contributed by atoms with Crippen LogP contribution >= 0.6 is 11.3 Å². The van der Waals surface area contributed by atoms with Gasteiger partial charge in [0.2, 0.25) is 0 Å². The largest absolute Gasteiger partial charge is 0.372 e. The van der Waals surface area contributed by atoms with Crippen LogP contribution in [0.4, 0.5) is 5.82 Å². The molecule has 3 rings (SSSR count). The van der Waals surface area contributed by atoms with E-state index in [1.807, 2.05) is 14.0 Å². The highest BCUT2D eigenvalue weighted by Gasteiger charge is 2.35. The zero-order chi connectivity index (χ0) is 13.4. The van der Waals surface area contributed by atoms with Crippen LogP contribution in [-0.4, -0.2) is 23.6 Å². The molecule has 1 aliphatic carbocycles. The van der Waals surface area contributed by atoms with Crippen LogP contribution in [0.15, 0.2) is 6.07 Å². The summed E-state index contributed by atoms with van der Waals surface area (Å²) in [6.07, 6.45) is 2.51. The van der Waals surface area contributed by atoms with Gasteiger partial charge >= 0.3 is 0 Å². The summed E-state index contributed by atoms with van der Waals surface area (Å²) in [5.74, 6) is 2.35. The standard InChI is InChI=1S/C14H19N3OS/c1-4-18-11(9-5-6-9)13-16-12(15-3)10-7-8(2)19-14(10)17-13/h7,9,11H,4-6H2,1-3H3,(H,15,16,17). The van der Waals surface area contributed by atoms with Crippen molar-refractivity contribution in [2.24, 2.45) is 5.92 Å². The molecule has 0 bridgehead atoms. The Morgan fingerprint density at radius 1 is 1.47 bits per heavy atom. The van der Waals surface area contributed by atoms with Crippen molar-refractivity contribution in [2.45, 2.75) is 32.8 Å². The monoisotopic (exact) mass is 277 g/mol. The number of aromatic nitrogens is 2. The average Bonchev–Trinajstić information content (AvgIpc) is 3.16. The number of nitrogens with one attached hydrogen (secondary N) is 1. The first kappa shape index (κ1) is 12.8. The molecule has 1 unspecified atom stereocenters. The predicted octanol–water partition coefficient (Wildman–Crippen LogP) is 3.53. The zero-order valence-corrected chi connectivity index (χ0v) is 12.4. The molecule has 1 saturated carbocycles. The summed E-state index contributed by atoms with van der Waals surface area (Å²) in [4.78, 5) is 11.7. The van der Waals surface area contributed by atoms with Crippen LogP contribution in [0.3, 0.4) is 0 Å². The Balaban J connectivity index is 2.07. The Morgan fingerprint density at radius 2 is 2.26 bits per heavy atom. The molecule has 1 fully saturated rings. The van der Waals surface area contributed by atoms with Gasteiger partial charge in [0.25, 0.3) is 0 Å². The maximum Gasteiger partial charge on any atom is 0.161 e. The molecule has 2 heterocycles. The lowest BCUT2D eigenvalue weighted by Gasteiger charge is -2.15. The van der Waals surface area contributed by atoms with Gasteiger partial charge in [-0.05, 0) is 38.7 Å². The first-order valence-electron chi connectivity index (χ1n) is 6.80. The third-order valence-electron chi connectivity index (χ3n) is 3.42. The van der Waals surface area contributed by atoms with Gasteiger partial charge < -0.3 is 10.1 Å². The van der Waals surface area contributed by atoms with Gasteiger partial charge in [-0.15, -0.1) is 11.3 Å². The van der Waals surface area contributed by atoms with Crippen LogP contribution in [0.5, 0.6) is 0 Å². The molecule has 0 radical (unpaired) electrons. The molecule has 1 aliphatic rings. The molecule has 19 heavy (non-hydrogen) atoms. The molecule has 2 aromatic rings. The predicted molar refractivity (Wildman–Crippen MR) is 78.8 cm³/mol. The molecule has 1 N–H and O–H groups in total. The second-order valence-corrected chi connectivity index (χ2v) is 6.20. The Hall–Kier alpha value is -1.20. The molecule has 0 aromatic carbocycles. The molecule has 102 valence electrons. The summed E-state index contributed by atoms with van der Waals surface area (Å²) < 4.78 is 5.86. The number of aryl methyl sites for hydroxylation is 1. The summed E-state index contributed by atoms with van der Waals surface area (Å²) in [7, 11) is 1.91. The summed E-state index contributed by atoms with van der Waals surface area (Å²) in [6, 6.07) is 2.14. The molecular formula is C14H19N3OS. The summed E-state index contributed by atoms with van der Waals surface area (Å²) in [5.41, 5.74) is 0. The quantitative estimate of drug-likeness (QED) is 0.908. The highest BCUT2D eigenvalue weighted by molar-refractivity contribution is 7.18. The summed E-state index contributed by atoms with van der Waals surface area (Å²) in [6.45, 7) is 4.84. The third-order valence-corrected chi connectivity index (χ3v) is 4.37. The van der Waals surface area contributed by atoms with Crippen LogP contribution < -0.4 is 5.32 Å². The average molecular weight is 277 g/mol. The fourth-order valence-electron chi connectivity index (χ4n) is 2.38. The maximum absolute atomic E-state index is 5.86. The molecule has 1 atom stereocenters. The molecule has 2 aromatic heterocycles. The van der Waals surface area contributed by atoms with Gasteiger partial charge in [-0.25, -0.2) is 9.97 Å². The SMILES string of the molecule is CCOC(c1nc(NC)c2cc(C)sc2n1)C1CC1. The Labute approximate surface area is 117 Å². The highest BCUT2D eigenvalue weighted by Crippen LogP contribution is 2.43. The van der Waals surface area contributed by atoms with Crippen molar-refractivity contribution in [3.8, 4) is 0 Å². The molecule has 0 saturated heterocycles. The van der Waals surface area contributed by atoms with Crippen molar-refractivity contribution in [1.29, 1.82) is 0 Å². The van der Waals surface area contributed by atoms with Gasteiger partial charge in [0.15, 0.2) is 5.82 Å². The van der Waals surface area contributed by atoms with E-state index in [9.17, 15) is 0 Å². The molecular weight excluding hydrogens is 258 g/mol. The van der Waals surface area contributed by atoms with Gasteiger partial charge in [-0.2, -0.15) is 0 Å². The number of anilines is 1. The number of hydrogen-bond acceptors (Lipinski definition) is 5. The number of rotatable bonds is 5. The van der Waals surface area contributed by atoms with Gasteiger partial charge in [0.1, 0.15) is 16.8 Å². The molecule has 0 amide bonds. The molecule has 4 nitrogen and oxygen atoms in total. The Morgan fingerprint density at radius 3 is 2.89 bits per heavy atom. The van der Waals surface area contributed by atoms with Crippen molar-refractivity contribution in [2.75, 3.05) is 19.0 Å². The van der Waals surface area contributed by atoms with Crippen molar-refractivity contribution in [1.82, 2.24) is 9.97 Å². The number of ether oxygens (including phenoxy) is 1. The number of nitrogens with zero attached hydrogens (tertiary/aromatic N) is 2. The molecule has 5 heteroatoms. The van der Waals surface area contributed by atoms with Crippen molar-refractivity contribution in [3.63, 3.8) is 0 Å². The zero-order valence-electron chi connectivity index (χ0n) is 11.6. The van der Waals surface area contributed by atoms with Crippen molar-refractivity contribution in [3.05, 3.63) is 16.8 Å². The van der Waals surface area contributed by atoms with E-state index in [0.29, 0.717) is 12.5 Å². The van der Waals surface area contributed by atoms with E-state index in [0.717, 1.165) is 21.9 Å². The van der Waals surface area contributed by atoms with Crippen molar-refractivity contribution >= 4 is 27.4 Å². The lowest BCUT2D eigenvalue weighted by Crippen LogP contribution is -2.12. The first-order valence-corrected chi connectivity index (χ1v) is 7.62. The topological polar surface area (TPSA) is 47.0 Å². The minimum absolute atomic E-state index is 0.0592. The van der Waals surface area contributed by atoms with E-state index in [1.165, 1.54) is 17.7 Å². The molecule has 0 spiro atoms. The van der Waals surface area contributed by atoms with E-state index in [-0.39, 0.29) is 6.10 Å². The van der Waals surface area contributed by atoms with E-state index >= 15 is 0 Å². The second-order valence-electron chi connectivity index (χ2n) is 4.97. The van der Waals surface area contributed by atoms with E-state index in [1.54, 1.807) is 11.3 Å². The lowest BCUT2D eigenvalue weighted by molar-refractivity contribution is 0.0404. The summed E-state index contributed by atoms with van der Waals surface area (Å²) in [5, 5.41) is 4.29. The molecule has 0 aliphatic heterocycles. The van der Waals surface area contributed by atoms with Crippen LogP contribution in [0.25, 0.3) is 10.2 Å².